The quantitative estimate of drug-likeness (QED) is 0.912. The van der Waals surface area contributed by atoms with E-state index >= 15 is 0 Å². The lowest BCUT2D eigenvalue weighted by atomic mass is 9.88. The van der Waals surface area contributed by atoms with Crippen molar-refractivity contribution in [2.75, 3.05) is 0 Å². The van der Waals surface area contributed by atoms with E-state index in [-0.39, 0.29) is 12.1 Å². The molecule has 0 unspecified atom stereocenters. The number of fused-ring (bicyclic) bond motifs is 2. The van der Waals surface area contributed by atoms with Crippen LogP contribution in [0.4, 0.5) is 4.79 Å². The number of hydrogen-bond donors (Lipinski definition) is 2. The van der Waals surface area contributed by atoms with Crippen molar-refractivity contribution in [1.29, 1.82) is 0 Å². The number of hydrogen-bond acceptors (Lipinski definition) is 3. The first-order chi connectivity index (χ1) is 11.3. The average Bonchev–Trinajstić information content (AvgIpc) is 3.17. The zero-order chi connectivity index (χ0) is 15.6. The lowest BCUT2D eigenvalue weighted by Gasteiger charge is -2.26. The Labute approximate surface area is 135 Å². The van der Waals surface area contributed by atoms with Crippen LogP contribution >= 0.6 is 0 Å². The van der Waals surface area contributed by atoms with Crippen LogP contribution in [-0.4, -0.2) is 20.8 Å². The van der Waals surface area contributed by atoms with Crippen LogP contribution in [0.1, 0.15) is 48.1 Å². The number of carbonyl (C=O) groups is 1. The predicted octanol–water partition coefficient (Wildman–Crippen LogP) is 2.10. The Balaban J connectivity index is 1.37. The molecule has 0 spiro atoms. The topological polar surface area (TPSA) is 71.8 Å². The number of carbonyl (C=O) groups excluding carboxylic acids is 1. The standard InChI is InChI=1S/C17H21N5O/c23-17(18-11-16-21-20-15-9-4-10-22(15)16)19-14-8-3-6-12-5-1-2-7-13(12)14/h1-2,5,7,14H,3-4,6,8-11H2,(H2,18,19,23)/t14-/m0/s1. The summed E-state index contributed by atoms with van der Waals surface area (Å²) in [7, 11) is 0. The molecule has 4 rings (SSSR count). The molecule has 0 bridgehead atoms. The van der Waals surface area contributed by atoms with E-state index in [4.69, 9.17) is 0 Å². The molecule has 2 heterocycles. The molecule has 2 aromatic rings. The van der Waals surface area contributed by atoms with Gasteiger partial charge in [0.25, 0.3) is 0 Å². The molecule has 2 aliphatic rings. The van der Waals surface area contributed by atoms with Crippen LogP contribution in [-0.2, 0) is 25.9 Å². The number of benzene rings is 1. The third kappa shape index (κ3) is 2.81. The average molecular weight is 311 g/mol. The van der Waals surface area contributed by atoms with E-state index in [1.807, 2.05) is 6.07 Å². The summed E-state index contributed by atoms with van der Waals surface area (Å²) in [5.41, 5.74) is 2.59. The van der Waals surface area contributed by atoms with Gasteiger partial charge in [-0.25, -0.2) is 4.79 Å². The van der Waals surface area contributed by atoms with Gasteiger partial charge in [0.15, 0.2) is 5.82 Å². The second-order valence-electron chi connectivity index (χ2n) is 6.26. The van der Waals surface area contributed by atoms with E-state index in [1.165, 1.54) is 11.1 Å². The second-order valence-corrected chi connectivity index (χ2v) is 6.26. The van der Waals surface area contributed by atoms with Crippen molar-refractivity contribution < 1.29 is 4.79 Å². The highest BCUT2D eigenvalue weighted by molar-refractivity contribution is 5.74. The molecular formula is C17H21N5O. The minimum absolute atomic E-state index is 0.101. The molecule has 0 fully saturated rings. The van der Waals surface area contributed by atoms with Gasteiger partial charge in [-0.2, -0.15) is 0 Å². The minimum atomic E-state index is -0.137. The summed E-state index contributed by atoms with van der Waals surface area (Å²) in [6.45, 7) is 1.38. The summed E-state index contributed by atoms with van der Waals surface area (Å²) in [6, 6.07) is 8.33. The van der Waals surface area contributed by atoms with Crippen LogP contribution in [0.25, 0.3) is 0 Å². The molecule has 120 valence electrons. The minimum Gasteiger partial charge on any atom is -0.331 e. The van der Waals surface area contributed by atoms with Gasteiger partial charge < -0.3 is 15.2 Å². The van der Waals surface area contributed by atoms with E-state index in [2.05, 4.69) is 43.6 Å². The van der Waals surface area contributed by atoms with Gasteiger partial charge in [-0.3, -0.25) is 0 Å². The molecule has 6 heteroatoms. The maximum atomic E-state index is 12.2. The third-order valence-electron chi connectivity index (χ3n) is 4.77. The summed E-state index contributed by atoms with van der Waals surface area (Å²) >= 11 is 0. The smallest absolute Gasteiger partial charge is 0.315 e. The van der Waals surface area contributed by atoms with Gasteiger partial charge in [0.2, 0.25) is 0 Å². The molecule has 0 radical (unpaired) electrons. The summed E-state index contributed by atoms with van der Waals surface area (Å²) in [6.07, 6.45) is 5.30. The van der Waals surface area contributed by atoms with E-state index in [0.29, 0.717) is 6.54 Å². The fraction of sp³-hybridized carbons (Fsp3) is 0.471. The zero-order valence-electron chi connectivity index (χ0n) is 13.1. The number of aryl methyl sites for hydroxylation is 2. The van der Waals surface area contributed by atoms with Gasteiger partial charge in [0.1, 0.15) is 5.82 Å². The second kappa shape index (κ2) is 6.02. The van der Waals surface area contributed by atoms with E-state index in [1.54, 1.807) is 0 Å². The Morgan fingerprint density at radius 1 is 1.22 bits per heavy atom. The van der Waals surface area contributed by atoms with Crippen LogP contribution in [0.5, 0.6) is 0 Å². The monoisotopic (exact) mass is 311 g/mol. The maximum Gasteiger partial charge on any atom is 0.315 e. The Kier molecular flexibility index (Phi) is 3.73. The van der Waals surface area contributed by atoms with Gasteiger partial charge in [-0.15, -0.1) is 10.2 Å². The van der Waals surface area contributed by atoms with Crippen molar-refractivity contribution in [2.24, 2.45) is 0 Å². The molecule has 0 saturated heterocycles. The zero-order valence-corrected chi connectivity index (χ0v) is 13.1. The summed E-state index contributed by atoms with van der Waals surface area (Å²) in [4.78, 5) is 12.2. The van der Waals surface area contributed by atoms with Gasteiger partial charge >= 0.3 is 6.03 Å². The Hall–Kier alpha value is -2.37. The first-order valence-corrected chi connectivity index (χ1v) is 8.34. The molecule has 0 saturated carbocycles. The Morgan fingerprint density at radius 2 is 2.13 bits per heavy atom. The number of nitrogens with one attached hydrogen (secondary N) is 2. The normalized spacial score (nSPS) is 19.0. The highest BCUT2D eigenvalue weighted by Gasteiger charge is 2.22. The lowest BCUT2D eigenvalue weighted by Crippen LogP contribution is -2.39. The third-order valence-corrected chi connectivity index (χ3v) is 4.77. The molecule has 6 nitrogen and oxygen atoms in total. The largest absolute Gasteiger partial charge is 0.331 e. The van der Waals surface area contributed by atoms with Crippen LogP contribution in [0.2, 0.25) is 0 Å². The van der Waals surface area contributed by atoms with Gasteiger partial charge in [-0.1, -0.05) is 24.3 Å². The first kappa shape index (κ1) is 14.2. The Bertz CT molecular complexity index is 724. The number of aromatic nitrogens is 3. The molecule has 2 N–H and O–H groups in total. The molecule has 1 aliphatic carbocycles. The van der Waals surface area contributed by atoms with Crippen molar-refractivity contribution >= 4 is 6.03 Å². The molecule has 1 atom stereocenters. The van der Waals surface area contributed by atoms with Crippen molar-refractivity contribution in [2.45, 2.75) is 51.2 Å². The van der Waals surface area contributed by atoms with Crippen molar-refractivity contribution in [3.05, 3.63) is 47.0 Å². The highest BCUT2D eigenvalue weighted by Crippen LogP contribution is 2.29. The van der Waals surface area contributed by atoms with Crippen molar-refractivity contribution in [3.8, 4) is 0 Å². The van der Waals surface area contributed by atoms with Crippen LogP contribution in [0, 0.1) is 0 Å². The maximum absolute atomic E-state index is 12.2. The molecule has 2 amide bonds. The summed E-state index contributed by atoms with van der Waals surface area (Å²) in [5, 5.41) is 14.3. The summed E-state index contributed by atoms with van der Waals surface area (Å²) < 4.78 is 2.11. The number of nitrogens with zero attached hydrogens (tertiary/aromatic N) is 3. The fourth-order valence-electron chi connectivity index (χ4n) is 3.61. The van der Waals surface area contributed by atoms with Gasteiger partial charge in [0.05, 0.1) is 12.6 Å². The van der Waals surface area contributed by atoms with Crippen molar-refractivity contribution in [3.63, 3.8) is 0 Å². The number of rotatable bonds is 3. The predicted molar refractivity (Wildman–Crippen MR) is 85.8 cm³/mol. The van der Waals surface area contributed by atoms with E-state index < -0.39 is 0 Å². The van der Waals surface area contributed by atoms with Crippen LogP contribution < -0.4 is 10.6 Å². The van der Waals surface area contributed by atoms with Crippen LogP contribution in [0.15, 0.2) is 24.3 Å². The van der Waals surface area contributed by atoms with Crippen molar-refractivity contribution in [1.82, 2.24) is 25.4 Å². The van der Waals surface area contributed by atoms with E-state index in [9.17, 15) is 4.79 Å². The van der Waals surface area contributed by atoms with Crippen LogP contribution in [0.3, 0.4) is 0 Å². The number of amides is 2. The molecule has 1 aromatic carbocycles. The molecule has 23 heavy (non-hydrogen) atoms. The number of urea groups is 1. The summed E-state index contributed by atoms with van der Waals surface area (Å²) in [5.74, 6) is 1.88. The van der Waals surface area contributed by atoms with Gasteiger partial charge in [0, 0.05) is 13.0 Å². The van der Waals surface area contributed by atoms with E-state index in [0.717, 1.165) is 50.3 Å². The molecule has 1 aromatic heterocycles. The Morgan fingerprint density at radius 3 is 3.09 bits per heavy atom. The SMILES string of the molecule is O=C(NCc1nnc2n1CCC2)N[C@H]1CCCc2ccccc21. The van der Waals surface area contributed by atoms with Gasteiger partial charge in [-0.05, 0) is 36.8 Å². The first-order valence-electron chi connectivity index (χ1n) is 8.34. The highest BCUT2D eigenvalue weighted by atomic mass is 16.2. The molecule has 1 aliphatic heterocycles. The lowest BCUT2D eigenvalue weighted by molar-refractivity contribution is 0.234. The fourth-order valence-corrected chi connectivity index (χ4v) is 3.61. The molecular weight excluding hydrogens is 290 g/mol.